The van der Waals surface area contributed by atoms with Crippen LogP contribution in [-0.2, 0) is 18.3 Å². The molecule has 1 aromatic carbocycles. The standard InChI is InChI=1S/C16H19N3O3/c1-3-12(13-6-7-17-19(13)2)18-16(20)9-11-4-5-14-15(8-11)22-10-21-14/h4-8,12H,3,9-10H2,1-2H3,(H,18,20)/t12-/m1/s1. The van der Waals surface area contributed by atoms with Gasteiger partial charge in [-0.15, -0.1) is 0 Å². The van der Waals surface area contributed by atoms with Crippen LogP contribution < -0.4 is 14.8 Å². The number of aromatic nitrogens is 2. The number of nitrogens with zero attached hydrogens (tertiary/aromatic N) is 2. The summed E-state index contributed by atoms with van der Waals surface area (Å²) in [5.74, 6) is 1.40. The van der Waals surface area contributed by atoms with E-state index in [1.54, 1.807) is 10.9 Å². The highest BCUT2D eigenvalue weighted by molar-refractivity contribution is 5.79. The first kappa shape index (κ1) is 14.4. The fourth-order valence-corrected chi connectivity index (χ4v) is 2.59. The van der Waals surface area contributed by atoms with Gasteiger partial charge in [0.05, 0.1) is 18.2 Å². The van der Waals surface area contributed by atoms with E-state index in [0.29, 0.717) is 12.2 Å². The summed E-state index contributed by atoms with van der Waals surface area (Å²) < 4.78 is 12.4. The summed E-state index contributed by atoms with van der Waals surface area (Å²) in [5, 5.41) is 7.21. The Morgan fingerprint density at radius 3 is 2.91 bits per heavy atom. The van der Waals surface area contributed by atoms with Crippen molar-refractivity contribution in [2.24, 2.45) is 7.05 Å². The van der Waals surface area contributed by atoms with Gasteiger partial charge in [-0.1, -0.05) is 13.0 Å². The van der Waals surface area contributed by atoms with Crippen molar-refractivity contribution in [1.29, 1.82) is 0 Å². The summed E-state index contributed by atoms with van der Waals surface area (Å²) in [7, 11) is 1.88. The molecule has 1 amide bonds. The van der Waals surface area contributed by atoms with E-state index in [2.05, 4.69) is 10.4 Å². The van der Waals surface area contributed by atoms with E-state index >= 15 is 0 Å². The second kappa shape index (κ2) is 6.09. The SMILES string of the molecule is CC[C@@H](NC(=O)Cc1ccc2c(c1)OCO2)c1ccnn1C. The minimum absolute atomic E-state index is 0.0214. The molecule has 1 aromatic heterocycles. The molecule has 1 atom stereocenters. The van der Waals surface area contributed by atoms with Gasteiger partial charge >= 0.3 is 0 Å². The van der Waals surface area contributed by atoms with Gasteiger partial charge in [-0.25, -0.2) is 0 Å². The minimum atomic E-state index is -0.0333. The van der Waals surface area contributed by atoms with Crippen molar-refractivity contribution >= 4 is 5.91 Å². The van der Waals surface area contributed by atoms with E-state index in [-0.39, 0.29) is 18.7 Å². The zero-order valence-electron chi connectivity index (χ0n) is 12.7. The summed E-state index contributed by atoms with van der Waals surface area (Å²) >= 11 is 0. The number of amides is 1. The first-order chi connectivity index (χ1) is 10.7. The Labute approximate surface area is 129 Å². The molecule has 1 N–H and O–H groups in total. The minimum Gasteiger partial charge on any atom is -0.454 e. The molecule has 0 bridgehead atoms. The van der Waals surface area contributed by atoms with Crippen LogP contribution in [0.4, 0.5) is 0 Å². The van der Waals surface area contributed by atoms with Crippen LogP contribution in [0, 0.1) is 0 Å². The first-order valence-electron chi connectivity index (χ1n) is 7.33. The highest BCUT2D eigenvalue weighted by Crippen LogP contribution is 2.32. The Morgan fingerprint density at radius 1 is 1.36 bits per heavy atom. The smallest absolute Gasteiger partial charge is 0.231 e. The molecule has 2 aromatic rings. The lowest BCUT2D eigenvalue weighted by Gasteiger charge is -2.17. The largest absolute Gasteiger partial charge is 0.454 e. The average molecular weight is 301 g/mol. The number of nitrogens with one attached hydrogen (secondary N) is 1. The number of carbonyl (C=O) groups excluding carboxylic acids is 1. The van der Waals surface area contributed by atoms with Crippen LogP contribution in [0.1, 0.15) is 30.6 Å². The van der Waals surface area contributed by atoms with E-state index in [1.807, 2.05) is 38.2 Å². The quantitative estimate of drug-likeness (QED) is 0.917. The Hall–Kier alpha value is -2.50. The molecule has 116 valence electrons. The second-order valence-electron chi connectivity index (χ2n) is 5.27. The van der Waals surface area contributed by atoms with E-state index < -0.39 is 0 Å². The Bertz CT molecular complexity index is 681. The summed E-state index contributed by atoms with van der Waals surface area (Å²) in [5.41, 5.74) is 1.91. The molecule has 0 spiro atoms. The fourth-order valence-electron chi connectivity index (χ4n) is 2.59. The van der Waals surface area contributed by atoms with Crippen LogP contribution in [0.15, 0.2) is 30.5 Å². The zero-order chi connectivity index (χ0) is 15.5. The van der Waals surface area contributed by atoms with Crippen molar-refractivity contribution < 1.29 is 14.3 Å². The van der Waals surface area contributed by atoms with Crippen LogP contribution >= 0.6 is 0 Å². The van der Waals surface area contributed by atoms with Gasteiger partial charge in [0.15, 0.2) is 11.5 Å². The predicted molar refractivity (Wildman–Crippen MR) is 80.7 cm³/mol. The zero-order valence-corrected chi connectivity index (χ0v) is 12.7. The van der Waals surface area contributed by atoms with Gasteiger partial charge in [-0.05, 0) is 30.2 Å². The Balaban J connectivity index is 1.65. The van der Waals surface area contributed by atoms with Gasteiger partial charge in [0, 0.05) is 13.2 Å². The predicted octanol–water partition coefficient (Wildman–Crippen LogP) is 1.96. The van der Waals surface area contributed by atoms with E-state index in [9.17, 15) is 4.79 Å². The molecule has 3 rings (SSSR count). The molecule has 0 saturated heterocycles. The number of carbonyl (C=O) groups is 1. The molecular weight excluding hydrogens is 282 g/mol. The van der Waals surface area contributed by atoms with Gasteiger partial charge in [0.2, 0.25) is 12.7 Å². The molecule has 22 heavy (non-hydrogen) atoms. The number of hydrogen-bond donors (Lipinski definition) is 1. The average Bonchev–Trinajstić information content (AvgIpc) is 3.13. The van der Waals surface area contributed by atoms with Gasteiger partial charge in [0.25, 0.3) is 0 Å². The summed E-state index contributed by atoms with van der Waals surface area (Å²) in [6, 6.07) is 7.47. The maximum Gasteiger partial charge on any atom is 0.231 e. The summed E-state index contributed by atoms with van der Waals surface area (Å²) in [6.45, 7) is 2.28. The van der Waals surface area contributed by atoms with Crippen molar-refractivity contribution in [3.05, 3.63) is 41.7 Å². The lowest BCUT2D eigenvalue weighted by Crippen LogP contribution is -2.30. The highest BCUT2D eigenvalue weighted by atomic mass is 16.7. The molecule has 2 heterocycles. The van der Waals surface area contributed by atoms with E-state index in [0.717, 1.165) is 23.4 Å². The maximum absolute atomic E-state index is 12.3. The lowest BCUT2D eigenvalue weighted by atomic mass is 10.1. The molecule has 0 fully saturated rings. The molecular formula is C16H19N3O3. The third-order valence-corrected chi connectivity index (χ3v) is 3.76. The fraction of sp³-hybridized carbons (Fsp3) is 0.375. The number of fused-ring (bicyclic) bond motifs is 1. The number of rotatable bonds is 5. The highest BCUT2D eigenvalue weighted by Gasteiger charge is 2.18. The van der Waals surface area contributed by atoms with Gasteiger partial charge in [0.1, 0.15) is 0 Å². The number of hydrogen-bond acceptors (Lipinski definition) is 4. The Kier molecular flexibility index (Phi) is 4.00. The molecule has 1 aliphatic heterocycles. The lowest BCUT2D eigenvalue weighted by molar-refractivity contribution is -0.121. The van der Waals surface area contributed by atoms with Crippen molar-refractivity contribution in [2.75, 3.05) is 6.79 Å². The summed E-state index contributed by atoms with van der Waals surface area (Å²) in [6.07, 6.45) is 2.86. The van der Waals surface area contributed by atoms with Crippen LogP contribution in [0.25, 0.3) is 0 Å². The van der Waals surface area contributed by atoms with Crippen molar-refractivity contribution in [1.82, 2.24) is 15.1 Å². The number of ether oxygens (including phenoxy) is 2. The second-order valence-corrected chi connectivity index (χ2v) is 5.27. The molecule has 6 nitrogen and oxygen atoms in total. The first-order valence-corrected chi connectivity index (χ1v) is 7.33. The molecule has 0 aliphatic carbocycles. The van der Waals surface area contributed by atoms with E-state index in [4.69, 9.17) is 9.47 Å². The van der Waals surface area contributed by atoms with Crippen LogP contribution in [0.2, 0.25) is 0 Å². The molecule has 0 saturated carbocycles. The molecule has 6 heteroatoms. The monoisotopic (exact) mass is 301 g/mol. The summed E-state index contributed by atoms with van der Waals surface area (Å²) in [4.78, 5) is 12.3. The Morgan fingerprint density at radius 2 is 2.18 bits per heavy atom. The van der Waals surface area contributed by atoms with Crippen LogP contribution in [0.3, 0.4) is 0 Å². The third-order valence-electron chi connectivity index (χ3n) is 3.76. The normalized spacial score (nSPS) is 13.9. The van der Waals surface area contributed by atoms with Gasteiger partial charge in [-0.2, -0.15) is 5.10 Å². The number of benzene rings is 1. The van der Waals surface area contributed by atoms with Crippen LogP contribution in [0.5, 0.6) is 11.5 Å². The van der Waals surface area contributed by atoms with Crippen molar-refractivity contribution in [2.45, 2.75) is 25.8 Å². The maximum atomic E-state index is 12.3. The molecule has 1 aliphatic rings. The third kappa shape index (κ3) is 2.90. The van der Waals surface area contributed by atoms with Gasteiger partial charge < -0.3 is 14.8 Å². The number of aryl methyl sites for hydroxylation is 1. The van der Waals surface area contributed by atoms with Crippen molar-refractivity contribution in [3.8, 4) is 11.5 Å². The van der Waals surface area contributed by atoms with Crippen LogP contribution in [-0.4, -0.2) is 22.5 Å². The molecule has 0 unspecified atom stereocenters. The topological polar surface area (TPSA) is 65.4 Å². The van der Waals surface area contributed by atoms with E-state index in [1.165, 1.54) is 0 Å². The van der Waals surface area contributed by atoms with Gasteiger partial charge in [-0.3, -0.25) is 9.48 Å². The van der Waals surface area contributed by atoms with Crippen molar-refractivity contribution in [3.63, 3.8) is 0 Å². The molecule has 0 radical (unpaired) electrons.